The zero-order valence-electron chi connectivity index (χ0n) is 15.3. The maximum Gasteiger partial charge on any atom is -0.0414 e. The second-order valence-electron chi connectivity index (χ2n) is 7.04. The first-order valence-electron chi connectivity index (χ1n) is 10.1. The Bertz CT molecular complexity index is 173. The monoisotopic (exact) mass is 295 g/mol. The highest BCUT2D eigenvalue weighted by atomic mass is 14.1. The highest BCUT2D eigenvalue weighted by molar-refractivity contribution is 4.61. The minimum atomic E-state index is 0.720. The third-order valence-corrected chi connectivity index (χ3v) is 4.68. The Labute approximate surface area is 136 Å². The normalized spacial score (nSPS) is 12.7. The summed E-state index contributed by atoms with van der Waals surface area (Å²) in [6, 6.07) is 0. The van der Waals surface area contributed by atoms with Gasteiger partial charge in [0.1, 0.15) is 0 Å². The molecule has 0 bridgehead atoms. The molecule has 0 spiro atoms. The van der Waals surface area contributed by atoms with Crippen molar-refractivity contribution in [1.29, 1.82) is 0 Å². The Morgan fingerprint density at radius 3 is 1.24 bits per heavy atom. The molecule has 1 atom stereocenters. The molecule has 21 heavy (non-hydrogen) atoms. The van der Waals surface area contributed by atoms with E-state index in [0.717, 1.165) is 5.92 Å². The fraction of sp³-hybridized carbons (Fsp3) is 0.952. The molecule has 0 heterocycles. The predicted molar refractivity (Wildman–Crippen MR) is 98.7 cm³/mol. The van der Waals surface area contributed by atoms with Gasteiger partial charge in [-0.25, -0.2) is 0 Å². The van der Waals surface area contributed by atoms with Gasteiger partial charge in [0.2, 0.25) is 0 Å². The van der Waals surface area contributed by atoms with Crippen LogP contribution in [-0.4, -0.2) is 0 Å². The van der Waals surface area contributed by atoms with Gasteiger partial charge in [-0.2, -0.15) is 0 Å². The Hall–Kier alpha value is 0. The van der Waals surface area contributed by atoms with Crippen molar-refractivity contribution >= 4 is 0 Å². The lowest BCUT2D eigenvalue weighted by atomic mass is 9.97. The summed E-state index contributed by atoms with van der Waals surface area (Å²) in [5, 5.41) is 0. The van der Waals surface area contributed by atoms with Crippen LogP contribution < -0.4 is 0 Å². The molecule has 0 saturated carbocycles. The molecule has 0 heteroatoms. The highest BCUT2D eigenvalue weighted by Crippen LogP contribution is 2.17. The van der Waals surface area contributed by atoms with E-state index >= 15 is 0 Å². The second kappa shape index (κ2) is 18.1. The number of unbranched alkanes of at least 4 members (excludes halogenated alkanes) is 13. The molecule has 0 aliphatic carbocycles. The largest absolute Gasteiger partial charge is 0.0654 e. The highest BCUT2D eigenvalue weighted by Gasteiger charge is 2.01. The summed E-state index contributed by atoms with van der Waals surface area (Å²) in [7, 11) is 0. The van der Waals surface area contributed by atoms with Crippen molar-refractivity contribution in [3.8, 4) is 0 Å². The summed E-state index contributed by atoms with van der Waals surface area (Å²) >= 11 is 0. The maximum absolute atomic E-state index is 4.27. The number of hydrogen-bond acceptors (Lipinski definition) is 0. The Kier molecular flexibility index (Phi) is 18.1. The SMILES string of the molecule is [CH2]C(CCCC)CCCCCCCCCCCCCCC. The summed E-state index contributed by atoms with van der Waals surface area (Å²) in [4.78, 5) is 0. The van der Waals surface area contributed by atoms with Crippen LogP contribution in [0.2, 0.25) is 0 Å². The van der Waals surface area contributed by atoms with E-state index in [1.165, 1.54) is 109 Å². The molecular formula is C21H43. The quantitative estimate of drug-likeness (QED) is 0.238. The van der Waals surface area contributed by atoms with E-state index in [1.807, 2.05) is 0 Å². The van der Waals surface area contributed by atoms with Gasteiger partial charge in [0.05, 0.1) is 0 Å². The molecule has 0 aliphatic rings. The van der Waals surface area contributed by atoms with Crippen LogP contribution in [-0.2, 0) is 0 Å². The van der Waals surface area contributed by atoms with Crippen LogP contribution in [0.1, 0.15) is 123 Å². The van der Waals surface area contributed by atoms with Crippen molar-refractivity contribution in [1.82, 2.24) is 0 Å². The van der Waals surface area contributed by atoms with Gasteiger partial charge >= 0.3 is 0 Å². The van der Waals surface area contributed by atoms with Crippen molar-refractivity contribution in [2.24, 2.45) is 5.92 Å². The molecule has 1 unspecified atom stereocenters. The summed E-state index contributed by atoms with van der Waals surface area (Å²) in [6.45, 7) is 8.84. The molecule has 1 radical (unpaired) electrons. The van der Waals surface area contributed by atoms with Gasteiger partial charge in [-0.1, -0.05) is 130 Å². The smallest absolute Gasteiger partial charge is 0.0414 e. The molecular weight excluding hydrogens is 252 g/mol. The van der Waals surface area contributed by atoms with Crippen LogP contribution in [0.25, 0.3) is 0 Å². The van der Waals surface area contributed by atoms with Gasteiger partial charge in [0, 0.05) is 0 Å². The molecule has 0 aromatic carbocycles. The van der Waals surface area contributed by atoms with Crippen LogP contribution in [0.15, 0.2) is 0 Å². The van der Waals surface area contributed by atoms with Gasteiger partial charge in [-0.3, -0.25) is 0 Å². The zero-order chi connectivity index (χ0) is 15.6. The van der Waals surface area contributed by atoms with Crippen molar-refractivity contribution in [2.75, 3.05) is 0 Å². The van der Waals surface area contributed by atoms with Crippen molar-refractivity contribution in [3.05, 3.63) is 6.92 Å². The van der Waals surface area contributed by atoms with Gasteiger partial charge < -0.3 is 0 Å². The summed E-state index contributed by atoms with van der Waals surface area (Å²) in [5.74, 6) is 0.720. The van der Waals surface area contributed by atoms with E-state index in [9.17, 15) is 0 Å². The minimum absolute atomic E-state index is 0.720. The van der Waals surface area contributed by atoms with Crippen LogP contribution in [0.5, 0.6) is 0 Å². The molecule has 0 saturated heterocycles. The van der Waals surface area contributed by atoms with E-state index in [4.69, 9.17) is 0 Å². The maximum atomic E-state index is 4.27. The lowest BCUT2D eigenvalue weighted by Gasteiger charge is -2.09. The molecule has 127 valence electrons. The lowest BCUT2D eigenvalue weighted by molar-refractivity contribution is 0.472. The van der Waals surface area contributed by atoms with Crippen LogP contribution in [0.4, 0.5) is 0 Å². The van der Waals surface area contributed by atoms with Crippen LogP contribution >= 0.6 is 0 Å². The lowest BCUT2D eigenvalue weighted by Crippen LogP contribution is -1.94. The first-order chi connectivity index (χ1) is 10.3. The van der Waals surface area contributed by atoms with E-state index in [1.54, 1.807) is 0 Å². The average molecular weight is 296 g/mol. The Morgan fingerprint density at radius 1 is 0.476 bits per heavy atom. The van der Waals surface area contributed by atoms with Crippen LogP contribution in [0.3, 0.4) is 0 Å². The third-order valence-electron chi connectivity index (χ3n) is 4.68. The van der Waals surface area contributed by atoms with E-state index < -0.39 is 0 Å². The molecule has 0 aromatic rings. The number of rotatable bonds is 17. The molecule has 0 aliphatic heterocycles. The standard InChI is InChI=1S/C21H43/c1-4-6-8-9-10-11-12-13-14-15-16-17-18-20-21(3)19-7-5-2/h21H,3-20H2,1-2H3. The van der Waals surface area contributed by atoms with Crippen molar-refractivity contribution < 1.29 is 0 Å². The second-order valence-corrected chi connectivity index (χ2v) is 7.04. The fourth-order valence-corrected chi connectivity index (χ4v) is 3.09. The van der Waals surface area contributed by atoms with Gasteiger partial charge in [0.15, 0.2) is 0 Å². The summed E-state index contributed by atoms with van der Waals surface area (Å²) in [5.41, 5.74) is 0. The average Bonchev–Trinajstić information content (AvgIpc) is 2.49. The van der Waals surface area contributed by atoms with E-state index in [2.05, 4.69) is 20.8 Å². The Balaban J connectivity index is 3.02. The first kappa shape index (κ1) is 21.0. The molecule has 0 amide bonds. The van der Waals surface area contributed by atoms with Crippen LogP contribution in [0, 0.1) is 12.8 Å². The molecule has 0 fully saturated rings. The van der Waals surface area contributed by atoms with Gasteiger partial charge in [-0.15, -0.1) is 0 Å². The minimum Gasteiger partial charge on any atom is -0.0654 e. The topological polar surface area (TPSA) is 0 Å². The van der Waals surface area contributed by atoms with Gasteiger partial charge in [0.25, 0.3) is 0 Å². The molecule has 0 nitrogen and oxygen atoms in total. The van der Waals surface area contributed by atoms with E-state index in [0.29, 0.717) is 0 Å². The van der Waals surface area contributed by atoms with Gasteiger partial charge in [-0.05, 0) is 5.92 Å². The third kappa shape index (κ3) is 18.0. The predicted octanol–water partition coefficient (Wildman–Crippen LogP) is 8.11. The first-order valence-corrected chi connectivity index (χ1v) is 10.1. The molecule has 0 aromatic heterocycles. The zero-order valence-corrected chi connectivity index (χ0v) is 15.3. The van der Waals surface area contributed by atoms with Crippen molar-refractivity contribution in [2.45, 2.75) is 123 Å². The summed E-state index contributed by atoms with van der Waals surface area (Å²) in [6.07, 6.45) is 24.3. The fourth-order valence-electron chi connectivity index (χ4n) is 3.09. The molecule has 0 rings (SSSR count). The van der Waals surface area contributed by atoms with E-state index in [-0.39, 0.29) is 0 Å². The van der Waals surface area contributed by atoms with Crippen molar-refractivity contribution in [3.63, 3.8) is 0 Å². The summed E-state index contributed by atoms with van der Waals surface area (Å²) < 4.78 is 0. The Morgan fingerprint density at radius 2 is 0.810 bits per heavy atom. The molecule has 0 N–H and O–H groups in total. The number of hydrogen-bond donors (Lipinski definition) is 0.